The zero-order valence-electron chi connectivity index (χ0n) is 12.7. The van der Waals surface area contributed by atoms with Crippen molar-refractivity contribution < 1.29 is 18.7 Å². The van der Waals surface area contributed by atoms with Crippen molar-refractivity contribution in [3.63, 3.8) is 0 Å². The van der Waals surface area contributed by atoms with Crippen LogP contribution in [-0.4, -0.2) is 17.5 Å². The van der Waals surface area contributed by atoms with Crippen molar-refractivity contribution in [3.8, 4) is 11.5 Å². The van der Waals surface area contributed by atoms with Crippen molar-refractivity contribution in [1.29, 1.82) is 0 Å². The molecule has 6 heteroatoms. The second-order valence-electron chi connectivity index (χ2n) is 5.12. The summed E-state index contributed by atoms with van der Waals surface area (Å²) in [4.78, 5) is 14.9. The van der Waals surface area contributed by atoms with Crippen molar-refractivity contribution in [2.45, 2.75) is 6.61 Å². The molecule has 1 heterocycles. The lowest BCUT2D eigenvalue weighted by Gasteiger charge is -2.10. The van der Waals surface area contributed by atoms with E-state index in [1.807, 2.05) is 0 Å². The van der Waals surface area contributed by atoms with E-state index in [2.05, 4.69) is 4.98 Å². The summed E-state index contributed by atoms with van der Waals surface area (Å²) < 4.78 is 24.7. The molecule has 2 N–H and O–H groups in total. The molecule has 0 unspecified atom stereocenters. The van der Waals surface area contributed by atoms with Crippen molar-refractivity contribution in [2.75, 3.05) is 6.61 Å². The molecule has 0 aliphatic rings. The molecule has 0 saturated carbocycles. The molecule has 2 aromatic carbocycles. The number of benzene rings is 2. The third kappa shape index (κ3) is 3.60. The fourth-order valence-corrected chi connectivity index (χ4v) is 2.26. The summed E-state index contributed by atoms with van der Waals surface area (Å²) >= 11 is 0. The van der Waals surface area contributed by atoms with Crippen molar-refractivity contribution >= 4 is 16.8 Å². The van der Waals surface area contributed by atoms with Gasteiger partial charge in [0, 0.05) is 17.1 Å². The molecule has 3 aromatic rings. The second kappa shape index (κ2) is 6.95. The van der Waals surface area contributed by atoms with Gasteiger partial charge in [-0.25, -0.2) is 4.39 Å². The van der Waals surface area contributed by atoms with E-state index in [0.29, 0.717) is 22.4 Å². The minimum absolute atomic E-state index is 0.173. The van der Waals surface area contributed by atoms with Crippen molar-refractivity contribution in [2.24, 2.45) is 5.73 Å². The fraction of sp³-hybridized carbons (Fsp3) is 0.111. The molecular weight excluding hydrogens is 311 g/mol. The number of nitrogens with two attached hydrogens (primary N) is 1. The first kappa shape index (κ1) is 15.7. The highest BCUT2D eigenvalue weighted by molar-refractivity contribution is 5.82. The minimum atomic E-state index is -0.536. The summed E-state index contributed by atoms with van der Waals surface area (Å²) in [5.74, 6) is 0.300. The van der Waals surface area contributed by atoms with Gasteiger partial charge in [0.05, 0.1) is 5.52 Å². The van der Waals surface area contributed by atoms with Crippen LogP contribution in [0.4, 0.5) is 4.39 Å². The van der Waals surface area contributed by atoms with E-state index in [1.165, 1.54) is 6.07 Å². The Morgan fingerprint density at radius 1 is 1.04 bits per heavy atom. The summed E-state index contributed by atoms with van der Waals surface area (Å²) in [5, 5.41) is 0.466. The molecule has 1 amide bonds. The normalized spacial score (nSPS) is 10.5. The molecule has 5 nitrogen and oxygen atoms in total. The minimum Gasteiger partial charge on any atom is -0.489 e. The molecule has 0 fully saturated rings. The Morgan fingerprint density at radius 3 is 2.46 bits per heavy atom. The Morgan fingerprint density at radius 2 is 1.75 bits per heavy atom. The molecule has 3 rings (SSSR count). The lowest BCUT2D eigenvalue weighted by atomic mass is 10.1. The quantitative estimate of drug-likeness (QED) is 0.756. The van der Waals surface area contributed by atoms with Gasteiger partial charge in [-0.3, -0.25) is 9.78 Å². The van der Waals surface area contributed by atoms with E-state index < -0.39 is 5.91 Å². The Kier molecular flexibility index (Phi) is 4.56. The standard InChI is InChI=1S/C18H15FN2O3/c19-16-8-3-12(18-15(16)2-1-9-21-18)10-23-13-4-6-14(7-5-13)24-11-17(20)22/h1-9H,10-11H2,(H2,20,22). The van der Waals surface area contributed by atoms with E-state index in [-0.39, 0.29) is 19.0 Å². The number of rotatable bonds is 6. The van der Waals surface area contributed by atoms with Crippen LogP contribution < -0.4 is 15.2 Å². The van der Waals surface area contributed by atoms with Crippen LogP contribution in [0.3, 0.4) is 0 Å². The molecule has 0 bridgehead atoms. The lowest BCUT2D eigenvalue weighted by molar-refractivity contribution is -0.119. The topological polar surface area (TPSA) is 74.4 Å². The van der Waals surface area contributed by atoms with Crippen LogP contribution >= 0.6 is 0 Å². The number of fused-ring (bicyclic) bond motifs is 1. The van der Waals surface area contributed by atoms with Gasteiger partial charge in [0.2, 0.25) is 0 Å². The summed E-state index contributed by atoms with van der Waals surface area (Å²) in [7, 11) is 0. The van der Waals surface area contributed by atoms with E-state index in [9.17, 15) is 9.18 Å². The third-order valence-corrected chi connectivity index (χ3v) is 3.40. The highest BCUT2D eigenvalue weighted by atomic mass is 19.1. The van der Waals surface area contributed by atoms with E-state index >= 15 is 0 Å². The number of carbonyl (C=O) groups excluding carboxylic acids is 1. The fourth-order valence-electron chi connectivity index (χ4n) is 2.26. The molecule has 0 atom stereocenters. The van der Waals surface area contributed by atoms with Gasteiger partial charge in [0.15, 0.2) is 6.61 Å². The zero-order valence-corrected chi connectivity index (χ0v) is 12.7. The van der Waals surface area contributed by atoms with Crippen LogP contribution in [0.5, 0.6) is 11.5 Å². The molecular formula is C18H15FN2O3. The van der Waals surface area contributed by atoms with Gasteiger partial charge < -0.3 is 15.2 Å². The maximum absolute atomic E-state index is 13.8. The number of aromatic nitrogens is 1. The lowest BCUT2D eigenvalue weighted by Crippen LogP contribution is -2.19. The number of amides is 1. The number of primary amides is 1. The maximum atomic E-state index is 13.8. The van der Waals surface area contributed by atoms with Crippen LogP contribution in [-0.2, 0) is 11.4 Å². The Balaban J connectivity index is 1.70. The molecule has 0 saturated heterocycles. The van der Waals surface area contributed by atoms with Crippen LogP contribution in [0.15, 0.2) is 54.7 Å². The first-order valence-corrected chi connectivity index (χ1v) is 7.29. The highest BCUT2D eigenvalue weighted by Gasteiger charge is 2.07. The first-order valence-electron chi connectivity index (χ1n) is 7.29. The molecule has 0 aliphatic heterocycles. The second-order valence-corrected chi connectivity index (χ2v) is 5.12. The number of carbonyl (C=O) groups is 1. The molecule has 24 heavy (non-hydrogen) atoms. The highest BCUT2D eigenvalue weighted by Crippen LogP contribution is 2.22. The Bertz CT molecular complexity index is 866. The van der Waals surface area contributed by atoms with Gasteiger partial charge in [-0.2, -0.15) is 0 Å². The molecule has 0 radical (unpaired) electrons. The third-order valence-electron chi connectivity index (χ3n) is 3.40. The van der Waals surface area contributed by atoms with Gasteiger partial charge in [-0.05, 0) is 42.5 Å². The summed E-state index contributed by atoms with van der Waals surface area (Å²) in [5.41, 5.74) is 6.39. The van der Waals surface area contributed by atoms with E-state index in [0.717, 1.165) is 5.56 Å². The number of hydrogen-bond donors (Lipinski definition) is 1. The van der Waals surface area contributed by atoms with E-state index in [4.69, 9.17) is 15.2 Å². The predicted molar refractivity (Wildman–Crippen MR) is 87.2 cm³/mol. The molecule has 1 aromatic heterocycles. The van der Waals surface area contributed by atoms with Gasteiger partial charge in [0.1, 0.15) is 23.9 Å². The molecule has 0 aliphatic carbocycles. The summed E-state index contributed by atoms with van der Waals surface area (Å²) in [6.45, 7) is 0.0860. The SMILES string of the molecule is NC(=O)COc1ccc(OCc2ccc(F)c3cccnc23)cc1. The number of pyridine rings is 1. The summed E-state index contributed by atoms with van der Waals surface area (Å²) in [6.07, 6.45) is 1.62. The van der Waals surface area contributed by atoms with Gasteiger partial charge >= 0.3 is 0 Å². The number of halogens is 1. The monoisotopic (exact) mass is 326 g/mol. The Labute approximate surface area is 137 Å². The van der Waals surface area contributed by atoms with Crippen molar-refractivity contribution in [1.82, 2.24) is 4.98 Å². The van der Waals surface area contributed by atoms with Gasteiger partial charge in [0.25, 0.3) is 5.91 Å². The van der Waals surface area contributed by atoms with Crippen LogP contribution in [0.25, 0.3) is 10.9 Å². The smallest absolute Gasteiger partial charge is 0.255 e. The van der Waals surface area contributed by atoms with Crippen LogP contribution in [0.1, 0.15) is 5.56 Å². The molecule has 0 spiro atoms. The number of nitrogens with zero attached hydrogens (tertiary/aromatic N) is 1. The van der Waals surface area contributed by atoms with Gasteiger partial charge in [-0.15, -0.1) is 0 Å². The zero-order chi connectivity index (χ0) is 16.9. The van der Waals surface area contributed by atoms with Crippen LogP contribution in [0, 0.1) is 5.82 Å². The summed E-state index contributed by atoms with van der Waals surface area (Å²) in [6, 6.07) is 13.2. The van der Waals surface area contributed by atoms with Crippen LogP contribution in [0.2, 0.25) is 0 Å². The predicted octanol–water partition coefficient (Wildman–Crippen LogP) is 2.82. The number of hydrogen-bond acceptors (Lipinski definition) is 4. The average Bonchev–Trinajstić information content (AvgIpc) is 2.60. The van der Waals surface area contributed by atoms with E-state index in [1.54, 1.807) is 48.7 Å². The van der Waals surface area contributed by atoms with Gasteiger partial charge in [-0.1, -0.05) is 6.07 Å². The average molecular weight is 326 g/mol. The first-order chi connectivity index (χ1) is 11.6. The maximum Gasteiger partial charge on any atom is 0.255 e. The largest absolute Gasteiger partial charge is 0.489 e. The Hall–Kier alpha value is -3.15. The van der Waals surface area contributed by atoms with Crippen molar-refractivity contribution in [3.05, 3.63) is 66.1 Å². The number of ether oxygens (including phenoxy) is 2. The molecule has 122 valence electrons.